The fourth-order valence-electron chi connectivity index (χ4n) is 1.44. The van der Waals surface area contributed by atoms with E-state index < -0.39 is 0 Å². The van der Waals surface area contributed by atoms with Gasteiger partial charge in [-0.15, -0.1) is 11.8 Å². The van der Waals surface area contributed by atoms with E-state index in [1.807, 2.05) is 0 Å². The molecular weight excluding hydrogens is 277 g/mol. The molecule has 0 radical (unpaired) electrons. The van der Waals surface area contributed by atoms with Crippen molar-refractivity contribution >= 4 is 11.8 Å². The van der Waals surface area contributed by atoms with E-state index in [1.54, 1.807) is 23.9 Å². The van der Waals surface area contributed by atoms with Crippen LogP contribution in [0.2, 0.25) is 0 Å². The Labute approximate surface area is 122 Å². The second-order valence-corrected chi connectivity index (χ2v) is 6.50. The van der Waals surface area contributed by atoms with E-state index in [9.17, 15) is 4.39 Å². The summed E-state index contributed by atoms with van der Waals surface area (Å²) in [5.74, 6) is 1.59. The molecule has 0 spiro atoms. The van der Waals surface area contributed by atoms with Crippen molar-refractivity contribution in [2.45, 2.75) is 43.5 Å². The Kier molecular flexibility index (Phi) is 4.77. The topological polar surface area (TPSA) is 51.0 Å². The summed E-state index contributed by atoms with van der Waals surface area (Å²) in [6, 6.07) is 6.36. The first-order valence-corrected chi connectivity index (χ1v) is 7.36. The quantitative estimate of drug-likeness (QED) is 0.857. The molecule has 1 aromatic heterocycles. The van der Waals surface area contributed by atoms with Gasteiger partial charge < -0.3 is 9.84 Å². The highest BCUT2D eigenvalue weighted by Crippen LogP contribution is 2.21. The molecule has 1 N–H and O–H groups in total. The molecule has 2 aromatic rings. The summed E-state index contributed by atoms with van der Waals surface area (Å²) >= 11 is 1.55. The normalized spacial score (nSPS) is 11.8. The standard InChI is InChI=1S/C14H18FN3OS/c1-14(2,3)16-8-13-17-12(18-19-13)9-20-11-6-4-10(15)5-7-11/h4-7,16H,8-9H2,1-3H3. The number of nitrogens with zero attached hydrogens (tertiary/aromatic N) is 2. The Balaban J connectivity index is 1.85. The number of hydrogen-bond acceptors (Lipinski definition) is 5. The first-order valence-electron chi connectivity index (χ1n) is 6.37. The Morgan fingerprint density at radius 2 is 1.95 bits per heavy atom. The highest BCUT2D eigenvalue weighted by molar-refractivity contribution is 7.98. The first-order chi connectivity index (χ1) is 9.42. The van der Waals surface area contributed by atoms with Gasteiger partial charge in [-0.1, -0.05) is 5.16 Å². The minimum Gasteiger partial charge on any atom is -0.338 e. The molecule has 0 amide bonds. The SMILES string of the molecule is CC(C)(C)NCc1nc(CSc2ccc(F)cc2)no1. The van der Waals surface area contributed by atoms with E-state index in [4.69, 9.17) is 4.52 Å². The highest BCUT2D eigenvalue weighted by atomic mass is 32.2. The lowest BCUT2D eigenvalue weighted by molar-refractivity contribution is 0.334. The van der Waals surface area contributed by atoms with Crippen molar-refractivity contribution in [2.24, 2.45) is 0 Å². The predicted molar refractivity (Wildman–Crippen MR) is 76.9 cm³/mol. The molecule has 20 heavy (non-hydrogen) atoms. The minimum atomic E-state index is -0.232. The van der Waals surface area contributed by atoms with Gasteiger partial charge >= 0.3 is 0 Å². The van der Waals surface area contributed by atoms with Gasteiger partial charge in [-0.3, -0.25) is 0 Å². The van der Waals surface area contributed by atoms with Crippen LogP contribution in [-0.2, 0) is 12.3 Å². The van der Waals surface area contributed by atoms with Gasteiger partial charge in [-0.25, -0.2) is 4.39 Å². The van der Waals surface area contributed by atoms with Crippen LogP contribution in [0.15, 0.2) is 33.7 Å². The average Bonchev–Trinajstić information content (AvgIpc) is 2.83. The summed E-state index contributed by atoms with van der Waals surface area (Å²) in [5, 5.41) is 7.22. The van der Waals surface area contributed by atoms with Crippen molar-refractivity contribution in [3.63, 3.8) is 0 Å². The Hall–Kier alpha value is -1.40. The Morgan fingerprint density at radius 1 is 1.25 bits per heavy atom. The van der Waals surface area contributed by atoms with Crippen LogP contribution in [0.4, 0.5) is 4.39 Å². The van der Waals surface area contributed by atoms with Crippen LogP contribution in [0.1, 0.15) is 32.5 Å². The van der Waals surface area contributed by atoms with Crippen molar-refractivity contribution in [1.29, 1.82) is 0 Å². The summed E-state index contributed by atoms with van der Waals surface area (Å²) < 4.78 is 17.9. The molecule has 2 rings (SSSR count). The lowest BCUT2D eigenvalue weighted by atomic mass is 10.1. The third-order valence-corrected chi connectivity index (χ3v) is 3.47. The molecule has 0 atom stereocenters. The number of rotatable bonds is 5. The molecule has 0 fully saturated rings. The molecule has 6 heteroatoms. The van der Waals surface area contributed by atoms with Crippen molar-refractivity contribution in [2.75, 3.05) is 0 Å². The summed E-state index contributed by atoms with van der Waals surface area (Å²) in [5.41, 5.74) is 0.0114. The molecule has 1 aromatic carbocycles. The highest BCUT2D eigenvalue weighted by Gasteiger charge is 2.12. The van der Waals surface area contributed by atoms with Gasteiger partial charge in [0.05, 0.1) is 12.3 Å². The number of hydrogen-bond donors (Lipinski definition) is 1. The second-order valence-electron chi connectivity index (χ2n) is 5.45. The van der Waals surface area contributed by atoms with Gasteiger partial charge in [-0.2, -0.15) is 4.98 Å². The van der Waals surface area contributed by atoms with Crippen molar-refractivity contribution in [3.05, 3.63) is 41.8 Å². The molecule has 0 unspecified atom stereocenters. The van der Waals surface area contributed by atoms with Crippen LogP contribution in [0, 0.1) is 5.82 Å². The number of nitrogens with one attached hydrogen (secondary N) is 1. The van der Waals surface area contributed by atoms with Crippen LogP contribution < -0.4 is 5.32 Å². The fourth-order valence-corrected chi connectivity index (χ4v) is 2.18. The zero-order valence-electron chi connectivity index (χ0n) is 11.8. The Bertz CT molecular complexity index is 548. The van der Waals surface area contributed by atoms with Crippen molar-refractivity contribution in [1.82, 2.24) is 15.5 Å². The van der Waals surface area contributed by atoms with Crippen molar-refractivity contribution in [3.8, 4) is 0 Å². The van der Waals surface area contributed by atoms with Gasteiger partial charge in [0, 0.05) is 10.4 Å². The molecule has 0 bridgehead atoms. The maximum absolute atomic E-state index is 12.8. The van der Waals surface area contributed by atoms with E-state index in [0.29, 0.717) is 24.0 Å². The second kappa shape index (κ2) is 6.37. The summed E-state index contributed by atoms with van der Waals surface area (Å²) in [6.07, 6.45) is 0. The van der Waals surface area contributed by atoms with E-state index in [-0.39, 0.29) is 11.4 Å². The summed E-state index contributed by atoms with van der Waals surface area (Å²) in [6.45, 7) is 6.79. The predicted octanol–water partition coefficient (Wildman–Crippen LogP) is 3.39. The number of aromatic nitrogens is 2. The molecule has 0 saturated heterocycles. The Morgan fingerprint density at radius 3 is 2.60 bits per heavy atom. The number of thioether (sulfide) groups is 1. The molecule has 0 saturated carbocycles. The van der Waals surface area contributed by atoms with E-state index in [1.165, 1.54) is 12.1 Å². The van der Waals surface area contributed by atoms with Gasteiger partial charge in [0.25, 0.3) is 0 Å². The van der Waals surface area contributed by atoms with Crippen LogP contribution in [0.25, 0.3) is 0 Å². The third-order valence-electron chi connectivity index (χ3n) is 2.46. The van der Waals surface area contributed by atoms with Gasteiger partial charge in [0.2, 0.25) is 5.89 Å². The average molecular weight is 295 g/mol. The zero-order chi connectivity index (χ0) is 14.6. The van der Waals surface area contributed by atoms with Gasteiger partial charge in [0.15, 0.2) is 5.82 Å². The summed E-state index contributed by atoms with van der Waals surface area (Å²) in [4.78, 5) is 5.29. The molecule has 108 valence electrons. The monoisotopic (exact) mass is 295 g/mol. The number of benzene rings is 1. The first kappa shape index (κ1) is 15.0. The maximum atomic E-state index is 12.8. The lowest BCUT2D eigenvalue weighted by Gasteiger charge is -2.18. The molecule has 0 aliphatic carbocycles. The van der Waals surface area contributed by atoms with Crippen LogP contribution >= 0.6 is 11.8 Å². The van der Waals surface area contributed by atoms with Crippen LogP contribution in [0.5, 0.6) is 0 Å². The van der Waals surface area contributed by atoms with E-state index in [2.05, 4.69) is 36.2 Å². The molecule has 0 aliphatic heterocycles. The fraction of sp³-hybridized carbons (Fsp3) is 0.429. The lowest BCUT2D eigenvalue weighted by Crippen LogP contribution is -2.35. The van der Waals surface area contributed by atoms with Gasteiger partial charge in [0.1, 0.15) is 5.82 Å². The smallest absolute Gasteiger partial charge is 0.240 e. The minimum absolute atomic E-state index is 0.0114. The van der Waals surface area contributed by atoms with Gasteiger partial charge in [-0.05, 0) is 45.0 Å². The molecule has 0 aliphatic rings. The van der Waals surface area contributed by atoms with Crippen LogP contribution in [0.3, 0.4) is 0 Å². The summed E-state index contributed by atoms with van der Waals surface area (Å²) in [7, 11) is 0. The number of halogens is 1. The molecule has 4 nitrogen and oxygen atoms in total. The van der Waals surface area contributed by atoms with Crippen LogP contribution in [-0.4, -0.2) is 15.7 Å². The molecular formula is C14H18FN3OS. The van der Waals surface area contributed by atoms with E-state index >= 15 is 0 Å². The largest absolute Gasteiger partial charge is 0.338 e. The molecule has 1 heterocycles. The zero-order valence-corrected chi connectivity index (χ0v) is 12.6. The maximum Gasteiger partial charge on any atom is 0.240 e. The van der Waals surface area contributed by atoms with Crippen molar-refractivity contribution < 1.29 is 8.91 Å². The van der Waals surface area contributed by atoms with E-state index in [0.717, 1.165) is 4.90 Å². The third kappa shape index (κ3) is 4.94.